The highest BCUT2D eigenvalue weighted by Gasteiger charge is 2.16. The van der Waals surface area contributed by atoms with E-state index in [1.807, 2.05) is 50.2 Å². The first-order chi connectivity index (χ1) is 15.6. The molecule has 0 atom stereocenters. The van der Waals surface area contributed by atoms with Gasteiger partial charge in [-0.1, -0.05) is 57.5 Å². The van der Waals surface area contributed by atoms with Crippen molar-refractivity contribution in [2.24, 2.45) is 0 Å². The van der Waals surface area contributed by atoms with Gasteiger partial charge in [-0.25, -0.2) is 0 Å². The molecule has 0 spiro atoms. The molecular formula is C28H31NO3. The number of nitrogens with zero attached hydrogens (tertiary/aromatic N) is 1. The van der Waals surface area contributed by atoms with E-state index in [0.29, 0.717) is 11.3 Å². The van der Waals surface area contributed by atoms with E-state index < -0.39 is 0 Å². The minimum atomic E-state index is 0.207. The molecule has 3 aromatic rings. The fourth-order valence-electron chi connectivity index (χ4n) is 3.51. The van der Waals surface area contributed by atoms with Gasteiger partial charge in [0.15, 0.2) is 0 Å². The van der Waals surface area contributed by atoms with Gasteiger partial charge in [-0.3, -0.25) is 0 Å². The van der Waals surface area contributed by atoms with E-state index in [4.69, 9.17) is 4.74 Å². The molecule has 0 bridgehead atoms. The van der Waals surface area contributed by atoms with Gasteiger partial charge in [-0.05, 0) is 77.1 Å². The monoisotopic (exact) mass is 429 g/mol. The Kier molecular flexibility index (Phi) is 9.38. The first-order valence-electron chi connectivity index (χ1n) is 11.0. The zero-order valence-corrected chi connectivity index (χ0v) is 19.2. The minimum Gasteiger partial charge on any atom is -0.508 e. The SMILES string of the molecule is CC.CCCCC(=C(c1ccc(O)cc1)c1ccc(O)cc1)c1ccc(C#N)c(OC)c1. The van der Waals surface area contributed by atoms with E-state index >= 15 is 0 Å². The largest absolute Gasteiger partial charge is 0.508 e. The zero-order chi connectivity index (χ0) is 23.5. The zero-order valence-electron chi connectivity index (χ0n) is 19.2. The second-order valence-electron chi connectivity index (χ2n) is 7.08. The first-order valence-corrected chi connectivity index (χ1v) is 11.0. The highest BCUT2D eigenvalue weighted by Crippen LogP contribution is 2.38. The van der Waals surface area contributed by atoms with Crippen LogP contribution in [-0.2, 0) is 0 Å². The van der Waals surface area contributed by atoms with E-state index in [2.05, 4.69) is 13.0 Å². The Morgan fingerprint density at radius 1 is 0.844 bits per heavy atom. The Balaban J connectivity index is 0.00000176. The van der Waals surface area contributed by atoms with Crippen molar-refractivity contribution in [3.63, 3.8) is 0 Å². The van der Waals surface area contributed by atoms with Crippen molar-refractivity contribution in [1.29, 1.82) is 5.26 Å². The van der Waals surface area contributed by atoms with Gasteiger partial charge in [0.2, 0.25) is 0 Å². The summed E-state index contributed by atoms with van der Waals surface area (Å²) < 4.78 is 5.44. The van der Waals surface area contributed by atoms with Crippen LogP contribution in [0.5, 0.6) is 17.2 Å². The number of rotatable bonds is 7. The Labute approximate surface area is 191 Å². The summed E-state index contributed by atoms with van der Waals surface area (Å²) in [6, 6.07) is 22.1. The van der Waals surface area contributed by atoms with Crippen LogP contribution in [0, 0.1) is 11.3 Å². The quantitative estimate of drug-likeness (QED) is 0.391. The number of hydrogen-bond donors (Lipinski definition) is 2. The molecular weight excluding hydrogens is 398 g/mol. The molecule has 4 heteroatoms. The van der Waals surface area contributed by atoms with Gasteiger partial charge < -0.3 is 14.9 Å². The van der Waals surface area contributed by atoms with Crippen molar-refractivity contribution >= 4 is 11.1 Å². The number of nitriles is 1. The molecule has 4 nitrogen and oxygen atoms in total. The van der Waals surface area contributed by atoms with E-state index in [9.17, 15) is 15.5 Å². The average Bonchev–Trinajstić information content (AvgIpc) is 2.84. The lowest BCUT2D eigenvalue weighted by Gasteiger charge is -2.18. The van der Waals surface area contributed by atoms with Crippen LogP contribution in [0.25, 0.3) is 11.1 Å². The van der Waals surface area contributed by atoms with Crippen LogP contribution in [0.15, 0.2) is 66.7 Å². The van der Waals surface area contributed by atoms with E-state index in [0.717, 1.165) is 47.1 Å². The van der Waals surface area contributed by atoms with Crippen molar-refractivity contribution in [2.45, 2.75) is 40.0 Å². The second-order valence-corrected chi connectivity index (χ2v) is 7.08. The molecule has 0 aromatic heterocycles. The van der Waals surface area contributed by atoms with E-state index in [1.54, 1.807) is 37.4 Å². The van der Waals surface area contributed by atoms with Crippen LogP contribution >= 0.6 is 0 Å². The fourth-order valence-corrected chi connectivity index (χ4v) is 3.51. The van der Waals surface area contributed by atoms with Crippen LogP contribution in [0.4, 0.5) is 0 Å². The molecule has 0 aliphatic carbocycles. The van der Waals surface area contributed by atoms with Gasteiger partial charge >= 0.3 is 0 Å². The number of ether oxygens (including phenoxy) is 1. The van der Waals surface area contributed by atoms with Crippen LogP contribution in [0.1, 0.15) is 62.3 Å². The molecule has 0 aliphatic rings. The van der Waals surface area contributed by atoms with Gasteiger partial charge in [0.05, 0.1) is 12.7 Å². The van der Waals surface area contributed by atoms with Crippen LogP contribution in [-0.4, -0.2) is 17.3 Å². The van der Waals surface area contributed by atoms with Crippen molar-refractivity contribution in [1.82, 2.24) is 0 Å². The minimum absolute atomic E-state index is 0.207. The van der Waals surface area contributed by atoms with Gasteiger partial charge in [-0.15, -0.1) is 0 Å². The third kappa shape index (κ3) is 5.92. The standard InChI is InChI=1S/C26H25NO3.C2H6/c1-3-4-5-24(20-6-7-21(17-27)25(16-20)30-2)26(18-8-12-22(28)13-9-18)19-10-14-23(29)15-11-19;1-2/h6-16,28-29H,3-5H2,1-2H3;1-2H3. The van der Waals surface area contributed by atoms with Crippen molar-refractivity contribution in [2.75, 3.05) is 7.11 Å². The Morgan fingerprint density at radius 2 is 1.34 bits per heavy atom. The van der Waals surface area contributed by atoms with Gasteiger partial charge in [0.25, 0.3) is 0 Å². The molecule has 0 amide bonds. The summed E-state index contributed by atoms with van der Waals surface area (Å²) in [5, 5.41) is 28.9. The summed E-state index contributed by atoms with van der Waals surface area (Å²) in [5.41, 5.74) is 5.55. The van der Waals surface area contributed by atoms with Crippen LogP contribution in [0.3, 0.4) is 0 Å². The lowest BCUT2D eigenvalue weighted by molar-refractivity contribution is 0.413. The molecule has 166 valence electrons. The summed E-state index contributed by atoms with van der Waals surface area (Å²) in [6.45, 7) is 6.15. The molecule has 0 aliphatic heterocycles. The topological polar surface area (TPSA) is 73.5 Å². The number of aromatic hydroxyl groups is 2. The molecule has 0 heterocycles. The van der Waals surface area contributed by atoms with Gasteiger partial charge in [0.1, 0.15) is 23.3 Å². The molecule has 0 fully saturated rings. The van der Waals surface area contributed by atoms with Crippen LogP contribution in [0.2, 0.25) is 0 Å². The third-order valence-electron chi connectivity index (χ3n) is 5.06. The number of unbranched alkanes of at least 4 members (excludes halogenated alkanes) is 1. The van der Waals surface area contributed by atoms with Crippen molar-refractivity contribution in [3.05, 3.63) is 89.0 Å². The molecule has 3 aromatic carbocycles. The number of phenolic OH excluding ortho intramolecular Hbond substituents is 2. The maximum atomic E-state index is 9.77. The highest BCUT2D eigenvalue weighted by atomic mass is 16.5. The fraction of sp³-hybridized carbons (Fsp3) is 0.250. The highest BCUT2D eigenvalue weighted by molar-refractivity contribution is 5.99. The summed E-state index contributed by atoms with van der Waals surface area (Å²) in [7, 11) is 1.57. The lowest BCUT2D eigenvalue weighted by Crippen LogP contribution is -1.98. The molecule has 0 saturated carbocycles. The normalized spacial score (nSPS) is 9.84. The van der Waals surface area contributed by atoms with E-state index in [-0.39, 0.29) is 11.5 Å². The Morgan fingerprint density at radius 3 is 1.78 bits per heavy atom. The summed E-state index contributed by atoms with van der Waals surface area (Å²) in [6.07, 6.45) is 2.87. The smallest absolute Gasteiger partial charge is 0.137 e. The van der Waals surface area contributed by atoms with E-state index in [1.165, 1.54) is 0 Å². The maximum absolute atomic E-state index is 9.77. The number of methoxy groups -OCH3 is 1. The molecule has 0 saturated heterocycles. The maximum Gasteiger partial charge on any atom is 0.137 e. The third-order valence-corrected chi connectivity index (χ3v) is 5.06. The summed E-state index contributed by atoms with van der Waals surface area (Å²) >= 11 is 0. The number of phenols is 2. The number of benzene rings is 3. The first kappa shape index (κ1) is 24.6. The number of allylic oxidation sites excluding steroid dienone is 1. The van der Waals surface area contributed by atoms with Gasteiger partial charge in [-0.2, -0.15) is 5.26 Å². The second kappa shape index (κ2) is 12.2. The molecule has 32 heavy (non-hydrogen) atoms. The molecule has 3 rings (SSSR count). The predicted octanol–water partition coefficient (Wildman–Crippen LogP) is 7.15. The Hall–Kier alpha value is -3.71. The van der Waals surface area contributed by atoms with Crippen molar-refractivity contribution < 1.29 is 14.9 Å². The molecule has 2 N–H and O–H groups in total. The molecule has 0 radical (unpaired) electrons. The molecule has 0 unspecified atom stereocenters. The summed E-state index contributed by atoms with van der Waals surface area (Å²) in [5.74, 6) is 0.956. The van der Waals surface area contributed by atoms with Crippen LogP contribution < -0.4 is 4.74 Å². The lowest BCUT2D eigenvalue weighted by atomic mass is 9.86. The Bertz CT molecular complexity index is 1030. The average molecular weight is 430 g/mol. The van der Waals surface area contributed by atoms with Gasteiger partial charge in [0, 0.05) is 0 Å². The van der Waals surface area contributed by atoms with Crippen molar-refractivity contribution in [3.8, 4) is 23.3 Å². The summed E-state index contributed by atoms with van der Waals surface area (Å²) in [4.78, 5) is 0. The number of hydrogen-bond acceptors (Lipinski definition) is 4. The predicted molar refractivity (Wildman–Crippen MR) is 131 cm³/mol.